The van der Waals surface area contributed by atoms with Crippen LogP contribution in [0.4, 0.5) is 0 Å². The monoisotopic (exact) mass is 224 g/mol. The van der Waals surface area contributed by atoms with E-state index in [4.69, 9.17) is 16.7 Å². The first-order valence-corrected chi connectivity index (χ1v) is 5.35. The number of rotatable bonds is 3. The van der Waals surface area contributed by atoms with Gasteiger partial charge in [0, 0.05) is 23.7 Å². The minimum atomic E-state index is 0.159. The highest BCUT2D eigenvalue weighted by Gasteiger charge is 2.17. The lowest BCUT2D eigenvalue weighted by Gasteiger charge is -2.18. The lowest BCUT2D eigenvalue weighted by Crippen LogP contribution is -2.31. The smallest absolute Gasteiger partial charge is 0.131 e. The van der Waals surface area contributed by atoms with Gasteiger partial charge in [0.05, 0.1) is 13.2 Å². The van der Waals surface area contributed by atoms with Gasteiger partial charge in [0.1, 0.15) is 5.84 Å². The minimum Gasteiger partial charge on any atom is -0.395 e. The zero-order chi connectivity index (χ0) is 10.7. The van der Waals surface area contributed by atoms with E-state index in [-0.39, 0.29) is 6.61 Å². The zero-order valence-corrected chi connectivity index (χ0v) is 9.11. The van der Waals surface area contributed by atoms with Gasteiger partial charge < -0.3 is 10.0 Å². The molecule has 1 N–H and O–H groups in total. The fourth-order valence-corrected chi connectivity index (χ4v) is 1.82. The average molecular weight is 225 g/mol. The quantitative estimate of drug-likeness (QED) is 0.843. The summed E-state index contributed by atoms with van der Waals surface area (Å²) >= 11 is 5.82. The van der Waals surface area contributed by atoms with Crippen molar-refractivity contribution in [1.82, 2.24) is 4.90 Å². The van der Waals surface area contributed by atoms with Crippen molar-refractivity contribution in [3.05, 3.63) is 34.9 Å². The van der Waals surface area contributed by atoms with Crippen molar-refractivity contribution in [2.75, 3.05) is 26.2 Å². The minimum absolute atomic E-state index is 0.159. The summed E-state index contributed by atoms with van der Waals surface area (Å²) in [4.78, 5) is 6.51. The molecule has 0 unspecified atom stereocenters. The molecule has 4 heteroatoms. The molecule has 80 valence electrons. The third-order valence-electron chi connectivity index (χ3n) is 2.40. The molecule has 2 rings (SSSR count). The van der Waals surface area contributed by atoms with Gasteiger partial charge in [0.2, 0.25) is 0 Å². The maximum Gasteiger partial charge on any atom is 0.131 e. The second kappa shape index (κ2) is 4.64. The third kappa shape index (κ3) is 2.30. The molecule has 1 aromatic carbocycles. The van der Waals surface area contributed by atoms with Gasteiger partial charge in [0.15, 0.2) is 0 Å². The molecular weight excluding hydrogens is 212 g/mol. The number of hydrogen-bond donors (Lipinski definition) is 1. The van der Waals surface area contributed by atoms with Gasteiger partial charge in [-0.15, -0.1) is 0 Å². The van der Waals surface area contributed by atoms with Gasteiger partial charge in [-0.1, -0.05) is 11.6 Å². The largest absolute Gasteiger partial charge is 0.395 e. The van der Waals surface area contributed by atoms with Crippen molar-refractivity contribution in [2.45, 2.75) is 0 Å². The number of aliphatic imine (C=N–C) groups is 1. The number of nitrogens with zero attached hydrogens (tertiary/aromatic N) is 2. The number of hydrogen-bond acceptors (Lipinski definition) is 3. The van der Waals surface area contributed by atoms with Crippen molar-refractivity contribution in [3.63, 3.8) is 0 Å². The third-order valence-corrected chi connectivity index (χ3v) is 2.66. The molecule has 0 amide bonds. The van der Waals surface area contributed by atoms with Gasteiger partial charge in [-0.2, -0.15) is 0 Å². The van der Waals surface area contributed by atoms with Gasteiger partial charge in [-0.05, 0) is 24.3 Å². The number of aliphatic hydroxyl groups is 1. The predicted octanol–water partition coefficient (Wildman–Crippen LogP) is 1.39. The summed E-state index contributed by atoms with van der Waals surface area (Å²) < 4.78 is 0. The van der Waals surface area contributed by atoms with Crippen LogP contribution < -0.4 is 0 Å². The Kier molecular flexibility index (Phi) is 3.23. The maximum atomic E-state index is 8.92. The summed E-state index contributed by atoms with van der Waals surface area (Å²) in [5.41, 5.74) is 1.06. The summed E-state index contributed by atoms with van der Waals surface area (Å²) in [5.74, 6) is 0.959. The van der Waals surface area contributed by atoms with E-state index >= 15 is 0 Å². The van der Waals surface area contributed by atoms with Crippen molar-refractivity contribution in [3.8, 4) is 0 Å². The summed E-state index contributed by atoms with van der Waals surface area (Å²) in [7, 11) is 0. The first kappa shape index (κ1) is 10.5. The van der Waals surface area contributed by atoms with Crippen LogP contribution >= 0.6 is 11.6 Å². The molecule has 0 saturated carbocycles. The molecule has 0 radical (unpaired) electrons. The topological polar surface area (TPSA) is 35.8 Å². The van der Waals surface area contributed by atoms with E-state index in [9.17, 15) is 0 Å². The van der Waals surface area contributed by atoms with Crippen LogP contribution in [0.25, 0.3) is 0 Å². The van der Waals surface area contributed by atoms with Crippen molar-refractivity contribution in [1.29, 1.82) is 0 Å². The van der Waals surface area contributed by atoms with Crippen LogP contribution in [0.15, 0.2) is 29.3 Å². The fourth-order valence-electron chi connectivity index (χ4n) is 1.69. The number of aliphatic hydroxyl groups excluding tert-OH is 1. The number of halogens is 1. The van der Waals surface area contributed by atoms with Crippen LogP contribution in [0.3, 0.4) is 0 Å². The Labute approximate surface area is 94.0 Å². The van der Waals surface area contributed by atoms with Crippen molar-refractivity contribution < 1.29 is 5.11 Å². The highest BCUT2D eigenvalue weighted by atomic mass is 35.5. The molecule has 1 aliphatic rings. The molecule has 1 heterocycles. The number of benzene rings is 1. The highest BCUT2D eigenvalue weighted by Crippen LogP contribution is 2.14. The van der Waals surface area contributed by atoms with Crippen LogP contribution in [-0.4, -0.2) is 42.1 Å². The second-order valence-electron chi connectivity index (χ2n) is 3.42. The van der Waals surface area contributed by atoms with Gasteiger partial charge >= 0.3 is 0 Å². The normalized spacial score (nSPS) is 15.6. The lowest BCUT2D eigenvalue weighted by molar-refractivity contribution is 0.256. The van der Waals surface area contributed by atoms with E-state index < -0.39 is 0 Å². The highest BCUT2D eigenvalue weighted by molar-refractivity contribution is 6.30. The van der Waals surface area contributed by atoms with E-state index in [1.54, 1.807) is 0 Å². The Morgan fingerprint density at radius 2 is 2.07 bits per heavy atom. The molecule has 0 atom stereocenters. The Morgan fingerprint density at radius 3 is 2.73 bits per heavy atom. The molecule has 0 spiro atoms. The van der Waals surface area contributed by atoms with E-state index in [1.165, 1.54) is 0 Å². The molecule has 15 heavy (non-hydrogen) atoms. The summed E-state index contributed by atoms with van der Waals surface area (Å²) in [5, 5.41) is 9.65. The fraction of sp³-hybridized carbons (Fsp3) is 0.364. The molecule has 0 saturated heterocycles. The van der Waals surface area contributed by atoms with Crippen LogP contribution in [0.2, 0.25) is 5.02 Å². The second-order valence-corrected chi connectivity index (χ2v) is 3.86. The SMILES string of the molecule is OCCN1CCN=C1c1ccc(Cl)cc1. The van der Waals surface area contributed by atoms with Crippen LogP contribution in [0.1, 0.15) is 5.56 Å². The zero-order valence-electron chi connectivity index (χ0n) is 8.36. The Bertz CT molecular complexity index is 361. The molecule has 0 aliphatic carbocycles. The summed E-state index contributed by atoms with van der Waals surface area (Å²) in [6.45, 7) is 2.49. The molecular formula is C11H13ClN2O. The molecule has 0 aromatic heterocycles. The molecule has 3 nitrogen and oxygen atoms in total. The van der Waals surface area contributed by atoms with Crippen LogP contribution in [-0.2, 0) is 0 Å². The Balaban J connectivity index is 2.19. The Morgan fingerprint density at radius 1 is 1.33 bits per heavy atom. The van der Waals surface area contributed by atoms with E-state index in [1.807, 2.05) is 24.3 Å². The first-order valence-electron chi connectivity index (χ1n) is 4.97. The van der Waals surface area contributed by atoms with Crippen LogP contribution in [0.5, 0.6) is 0 Å². The van der Waals surface area contributed by atoms with Crippen LogP contribution in [0, 0.1) is 0 Å². The van der Waals surface area contributed by atoms with E-state index in [0.717, 1.165) is 29.5 Å². The van der Waals surface area contributed by atoms with Crippen molar-refractivity contribution >= 4 is 17.4 Å². The van der Waals surface area contributed by atoms with Gasteiger partial charge in [-0.25, -0.2) is 0 Å². The molecule has 1 aliphatic heterocycles. The predicted molar refractivity (Wildman–Crippen MR) is 61.5 cm³/mol. The van der Waals surface area contributed by atoms with E-state index in [2.05, 4.69) is 9.89 Å². The summed E-state index contributed by atoms with van der Waals surface area (Å²) in [6.07, 6.45) is 0. The number of β-amino-alcohol motifs (C(OH)–C–C–N with tert-alkyl or cyclic N) is 1. The van der Waals surface area contributed by atoms with E-state index in [0.29, 0.717) is 6.54 Å². The maximum absolute atomic E-state index is 8.92. The van der Waals surface area contributed by atoms with Crippen molar-refractivity contribution in [2.24, 2.45) is 4.99 Å². The standard InChI is InChI=1S/C11H13ClN2O/c12-10-3-1-9(2-4-10)11-13-5-6-14(11)7-8-15/h1-4,15H,5-8H2. The Hall–Kier alpha value is -1.06. The van der Waals surface area contributed by atoms with Gasteiger partial charge in [-0.3, -0.25) is 4.99 Å². The molecule has 1 aromatic rings. The number of amidine groups is 1. The molecule has 0 fully saturated rings. The average Bonchev–Trinajstić information content (AvgIpc) is 2.68. The summed E-state index contributed by atoms with van der Waals surface area (Å²) in [6, 6.07) is 7.62. The van der Waals surface area contributed by atoms with Gasteiger partial charge in [0.25, 0.3) is 0 Å². The lowest BCUT2D eigenvalue weighted by atomic mass is 10.2. The first-order chi connectivity index (χ1) is 7.31. The molecule has 0 bridgehead atoms.